The molecule has 0 fully saturated rings. The molecule has 188 valence electrons. The molecule has 0 aliphatic carbocycles. The SMILES string of the molecule is CCc1c(C)c(CN(Cc2ccc(OC(C)(C)C(=O)O)cc2)Cc2ccco2)cn1-c1ccccc1. The van der Waals surface area contributed by atoms with Crippen LogP contribution in [0.2, 0.25) is 0 Å². The van der Waals surface area contributed by atoms with Gasteiger partial charge in [0.2, 0.25) is 0 Å². The summed E-state index contributed by atoms with van der Waals surface area (Å²) in [4.78, 5) is 13.7. The van der Waals surface area contributed by atoms with Crippen LogP contribution in [0.1, 0.15) is 48.9 Å². The zero-order valence-corrected chi connectivity index (χ0v) is 21.4. The van der Waals surface area contributed by atoms with Crippen LogP contribution in [0.5, 0.6) is 5.75 Å². The highest BCUT2D eigenvalue weighted by Crippen LogP contribution is 2.26. The van der Waals surface area contributed by atoms with Crippen LogP contribution in [0.15, 0.2) is 83.6 Å². The molecule has 0 atom stereocenters. The lowest BCUT2D eigenvalue weighted by Crippen LogP contribution is -2.37. The molecular formula is C30H34N2O4. The van der Waals surface area contributed by atoms with E-state index in [9.17, 15) is 9.90 Å². The second-order valence-electron chi connectivity index (χ2n) is 9.57. The zero-order valence-electron chi connectivity index (χ0n) is 21.4. The van der Waals surface area contributed by atoms with Crippen LogP contribution in [0.25, 0.3) is 5.69 Å². The molecule has 0 aliphatic rings. The van der Waals surface area contributed by atoms with Gasteiger partial charge in [-0.1, -0.05) is 37.3 Å². The van der Waals surface area contributed by atoms with Crippen molar-refractivity contribution in [1.29, 1.82) is 0 Å². The van der Waals surface area contributed by atoms with E-state index in [2.05, 4.69) is 53.8 Å². The molecular weight excluding hydrogens is 452 g/mol. The van der Waals surface area contributed by atoms with E-state index in [4.69, 9.17) is 9.15 Å². The first kappa shape index (κ1) is 25.3. The minimum atomic E-state index is -1.28. The molecule has 4 aromatic rings. The summed E-state index contributed by atoms with van der Waals surface area (Å²) in [7, 11) is 0. The summed E-state index contributed by atoms with van der Waals surface area (Å²) in [6.07, 6.45) is 4.91. The average Bonchev–Trinajstić information content (AvgIpc) is 3.48. The first-order valence-corrected chi connectivity index (χ1v) is 12.3. The number of nitrogens with zero attached hydrogens (tertiary/aromatic N) is 2. The maximum absolute atomic E-state index is 11.4. The number of carboxylic acids is 1. The van der Waals surface area contributed by atoms with Crippen LogP contribution in [-0.2, 0) is 30.8 Å². The maximum atomic E-state index is 11.4. The third-order valence-electron chi connectivity index (χ3n) is 6.43. The van der Waals surface area contributed by atoms with E-state index in [1.165, 1.54) is 22.5 Å². The van der Waals surface area contributed by atoms with Gasteiger partial charge in [0.25, 0.3) is 0 Å². The van der Waals surface area contributed by atoms with Crippen LogP contribution in [-0.4, -0.2) is 26.1 Å². The minimum Gasteiger partial charge on any atom is -0.478 e. The molecule has 2 heterocycles. The van der Waals surface area contributed by atoms with Crippen LogP contribution in [0.3, 0.4) is 0 Å². The van der Waals surface area contributed by atoms with Crippen molar-refractivity contribution in [2.45, 2.75) is 59.4 Å². The maximum Gasteiger partial charge on any atom is 0.347 e. The number of carboxylic acid groups (broad SMARTS) is 1. The second-order valence-corrected chi connectivity index (χ2v) is 9.57. The molecule has 0 aliphatic heterocycles. The molecule has 0 unspecified atom stereocenters. The van der Waals surface area contributed by atoms with Gasteiger partial charge in [0.05, 0.1) is 12.8 Å². The van der Waals surface area contributed by atoms with Crippen molar-refractivity contribution in [2.75, 3.05) is 0 Å². The van der Waals surface area contributed by atoms with Gasteiger partial charge in [-0.25, -0.2) is 4.79 Å². The minimum absolute atomic E-state index is 0.534. The summed E-state index contributed by atoms with van der Waals surface area (Å²) < 4.78 is 13.6. The van der Waals surface area contributed by atoms with E-state index in [1.54, 1.807) is 20.1 Å². The number of rotatable bonds is 11. The van der Waals surface area contributed by atoms with Crippen LogP contribution in [0, 0.1) is 6.92 Å². The predicted octanol–water partition coefficient (Wildman–Crippen LogP) is 6.39. The van der Waals surface area contributed by atoms with Crippen LogP contribution < -0.4 is 4.74 Å². The van der Waals surface area contributed by atoms with Crippen LogP contribution in [0.4, 0.5) is 0 Å². The van der Waals surface area contributed by atoms with Crippen molar-refractivity contribution in [3.63, 3.8) is 0 Å². The van der Waals surface area contributed by atoms with Crippen molar-refractivity contribution >= 4 is 5.97 Å². The number of hydrogen-bond donors (Lipinski definition) is 1. The topological polar surface area (TPSA) is 67.8 Å². The van der Waals surface area contributed by atoms with Gasteiger partial charge in [0.15, 0.2) is 5.60 Å². The Bertz CT molecular complexity index is 1270. The normalized spacial score (nSPS) is 11.7. The Labute approximate surface area is 212 Å². The Morgan fingerprint density at radius 3 is 2.33 bits per heavy atom. The third-order valence-corrected chi connectivity index (χ3v) is 6.43. The first-order chi connectivity index (χ1) is 17.3. The Hall–Kier alpha value is -3.77. The highest BCUT2D eigenvalue weighted by molar-refractivity contribution is 5.76. The van der Waals surface area contributed by atoms with E-state index in [0.717, 1.165) is 24.3 Å². The molecule has 0 saturated carbocycles. The first-order valence-electron chi connectivity index (χ1n) is 12.3. The quantitative estimate of drug-likeness (QED) is 0.266. The molecule has 0 saturated heterocycles. The lowest BCUT2D eigenvalue weighted by atomic mass is 10.1. The van der Waals surface area contributed by atoms with E-state index >= 15 is 0 Å². The molecule has 36 heavy (non-hydrogen) atoms. The number of aromatic nitrogens is 1. The number of furan rings is 1. The third kappa shape index (κ3) is 5.89. The second kappa shape index (κ2) is 10.9. The fourth-order valence-electron chi connectivity index (χ4n) is 4.40. The summed E-state index contributed by atoms with van der Waals surface area (Å²) in [5.41, 5.74) is 4.90. The lowest BCUT2D eigenvalue weighted by molar-refractivity contribution is -0.152. The van der Waals surface area contributed by atoms with Gasteiger partial charge in [0.1, 0.15) is 11.5 Å². The molecule has 0 radical (unpaired) electrons. The highest BCUT2D eigenvalue weighted by Gasteiger charge is 2.29. The van der Waals surface area contributed by atoms with Gasteiger partial charge in [-0.15, -0.1) is 0 Å². The van der Waals surface area contributed by atoms with E-state index in [0.29, 0.717) is 18.8 Å². The van der Waals surface area contributed by atoms with Crippen molar-refractivity contribution in [1.82, 2.24) is 9.47 Å². The summed E-state index contributed by atoms with van der Waals surface area (Å²) in [5, 5.41) is 9.33. The summed E-state index contributed by atoms with van der Waals surface area (Å²) in [5.74, 6) is 0.446. The summed E-state index contributed by atoms with van der Waals surface area (Å²) in [6, 6.07) is 22.0. The smallest absolute Gasteiger partial charge is 0.347 e. The average molecular weight is 487 g/mol. The molecule has 6 heteroatoms. The molecule has 2 aromatic carbocycles. The standard InChI is InChI=1S/C30H34N2O4/c1-5-28-22(2)24(20-32(28)25-10-7-6-8-11-25)19-31(21-27-12-9-17-35-27)18-23-13-15-26(16-14-23)36-30(3,4)29(33)34/h6-17,20H,5,18-19,21H2,1-4H3,(H,33,34). The van der Waals surface area contributed by atoms with Crippen molar-refractivity contribution in [2.24, 2.45) is 0 Å². The van der Waals surface area contributed by atoms with Crippen molar-refractivity contribution < 1.29 is 19.1 Å². The van der Waals surface area contributed by atoms with Gasteiger partial charge < -0.3 is 18.8 Å². The van der Waals surface area contributed by atoms with Gasteiger partial charge in [0, 0.05) is 30.7 Å². The lowest BCUT2D eigenvalue weighted by Gasteiger charge is -2.23. The Morgan fingerprint density at radius 1 is 1.00 bits per heavy atom. The van der Waals surface area contributed by atoms with Crippen LogP contribution >= 0.6 is 0 Å². The van der Waals surface area contributed by atoms with Gasteiger partial charge in [-0.05, 0) is 80.3 Å². The summed E-state index contributed by atoms with van der Waals surface area (Å²) >= 11 is 0. The largest absolute Gasteiger partial charge is 0.478 e. The number of hydrogen-bond acceptors (Lipinski definition) is 4. The molecule has 2 aromatic heterocycles. The Balaban J connectivity index is 1.57. The Kier molecular flexibility index (Phi) is 7.65. The molecule has 0 bridgehead atoms. The van der Waals surface area contributed by atoms with E-state index < -0.39 is 11.6 Å². The predicted molar refractivity (Wildman–Crippen MR) is 140 cm³/mol. The zero-order chi connectivity index (χ0) is 25.7. The number of para-hydroxylation sites is 1. The molecule has 0 spiro atoms. The Morgan fingerprint density at radius 2 is 1.72 bits per heavy atom. The molecule has 0 amide bonds. The molecule has 6 nitrogen and oxygen atoms in total. The van der Waals surface area contributed by atoms with Crippen molar-refractivity contribution in [3.8, 4) is 11.4 Å². The summed E-state index contributed by atoms with van der Waals surface area (Å²) in [6.45, 7) is 9.64. The molecule has 4 rings (SSSR count). The van der Waals surface area contributed by atoms with Gasteiger partial charge in [-0.2, -0.15) is 0 Å². The fourth-order valence-corrected chi connectivity index (χ4v) is 4.40. The fraction of sp³-hybridized carbons (Fsp3) is 0.300. The highest BCUT2D eigenvalue weighted by atomic mass is 16.5. The molecule has 1 N–H and O–H groups in total. The van der Waals surface area contributed by atoms with Gasteiger partial charge in [-0.3, -0.25) is 4.90 Å². The number of ether oxygens (including phenoxy) is 1. The number of aliphatic carboxylic acids is 1. The number of carbonyl (C=O) groups is 1. The van der Waals surface area contributed by atoms with Crippen molar-refractivity contribution in [3.05, 3.63) is 107 Å². The number of benzene rings is 2. The van der Waals surface area contributed by atoms with E-state index in [1.807, 2.05) is 42.5 Å². The van der Waals surface area contributed by atoms with E-state index in [-0.39, 0.29) is 0 Å². The monoisotopic (exact) mass is 486 g/mol. The van der Waals surface area contributed by atoms with Gasteiger partial charge >= 0.3 is 5.97 Å².